The van der Waals surface area contributed by atoms with Crippen LogP contribution in [-0.4, -0.2) is 59.6 Å². The van der Waals surface area contributed by atoms with E-state index < -0.39 is 11.5 Å². The predicted molar refractivity (Wildman–Crippen MR) is 152 cm³/mol. The fourth-order valence-electron chi connectivity index (χ4n) is 5.60. The Morgan fingerprint density at radius 3 is 2.46 bits per heavy atom. The van der Waals surface area contributed by atoms with Crippen molar-refractivity contribution in [2.45, 2.75) is 31.8 Å². The number of aromatic nitrogens is 1. The number of amides is 1. The minimum Gasteiger partial charge on any atom is -0.398 e. The van der Waals surface area contributed by atoms with Gasteiger partial charge < -0.3 is 30.5 Å². The lowest BCUT2D eigenvalue weighted by Crippen LogP contribution is -2.29. The largest absolute Gasteiger partial charge is 0.398 e. The van der Waals surface area contributed by atoms with E-state index in [0.29, 0.717) is 42.9 Å². The van der Waals surface area contributed by atoms with Gasteiger partial charge in [-0.25, -0.2) is 4.39 Å². The summed E-state index contributed by atoms with van der Waals surface area (Å²) in [6.07, 6.45) is 1.34. The number of nitrogens with one attached hydrogen (secondary N) is 1. The van der Waals surface area contributed by atoms with Gasteiger partial charge in [0, 0.05) is 71.0 Å². The molecular formula is C31H33FN4O3. The zero-order valence-corrected chi connectivity index (χ0v) is 22.4. The van der Waals surface area contributed by atoms with Crippen molar-refractivity contribution in [2.75, 3.05) is 32.5 Å². The highest BCUT2D eigenvalue weighted by Gasteiger charge is 2.33. The Morgan fingerprint density at radius 1 is 1.18 bits per heavy atom. The molecule has 1 unspecified atom stereocenters. The van der Waals surface area contributed by atoms with Crippen molar-refractivity contribution >= 4 is 28.7 Å². The number of nitrogens with two attached hydrogens (primary N) is 1. The van der Waals surface area contributed by atoms with Crippen LogP contribution in [0, 0.1) is 11.2 Å². The summed E-state index contributed by atoms with van der Waals surface area (Å²) in [5.74, 6) is -0.435. The number of aliphatic hydroxyl groups excluding tert-OH is 1. The third-order valence-electron chi connectivity index (χ3n) is 7.43. The quantitative estimate of drug-likeness (QED) is 0.228. The second-order valence-electron chi connectivity index (χ2n) is 10.8. The molecule has 5 rings (SSSR count). The summed E-state index contributed by atoms with van der Waals surface area (Å²) >= 11 is 0. The van der Waals surface area contributed by atoms with Crippen LogP contribution in [0.3, 0.4) is 0 Å². The number of carbonyl (C=O) groups is 1. The van der Waals surface area contributed by atoms with Gasteiger partial charge in [0.2, 0.25) is 0 Å². The molecule has 2 heterocycles. The Hall–Kier alpha value is -4.01. The van der Waals surface area contributed by atoms with Gasteiger partial charge in [-0.05, 0) is 60.5 Å². The van der Waals surface area contributed by atoms with Crippen LogP contribution in [0.2, 0.25) is 0 Å². The fourth-order valence-corrected chi connectivity index (χ4v) is 5.60. The van der Waals surface area contributed by atoms with Gasteiger partial charge in [0.05, 0.1) is 18.2 Å². The first-order valence-electron chi connectivity index (χ1n) is 13.0. The smallest absolute Gasteiger partial charge is 0.253 e. The number of nitrogen functional groups attached to an aromatic ring is 1. The van der Waals surface area contributed by atoms with E-state index in [-0.39, 0.29) is 11.7 Å². The Morgan fingerprint density at radius 2 is 1.87 bits per heavy atom. The summed E-state index contributed by atoms with van der Waals surface area (Å²) in [5.41, 5.74) is 11.8. The Kier molecular flexibility index (Phi) is 7.01. The van der Waals surface area contributed by atoms with E-state index in [0.717, 1.165) is 33.4 Å². The molecule has 4 N–H and O–H groups in total. The van der Waals surface area contributed by atoms with Crippen molar-refractivity contribution in [1.29, 1.82) is 5.41 Å². The second-order valence-corrected chi connectivity index (χ2v) is 10.8. The molecule has 7 nitrogen and oxygen atoms in total. The van der Waals surface area contributed by atoms with Crippen LogP contribution in [-0.2, 0) is 10.2 Å². The molecule has 8 heteroatoms. The highest BCUT2D eigenvalue weighted by atomic mass is 19.1. The molecule has 0 radical (unpaired) electrons. The lowest BCUT2D eigenvalue weighted by atomic mass is 9.84. The number of fused-ring (bicyclic) bond motifs is 1. The van der Waals surface area contributed by atoms with E-state index in [1.54, 1.807) is 24.1 Å². The minimum atomic E-state index is -0.489. The monoisotopic (exact) mass is 528 g/mol. The summed E-state index contributed by atoms with van der Waals surface area (Å²) < 4.78 is 21.7. The number of rotatable bonds is 7. The molecule has 3 aromatic carbocycles. The van der Waals surface area contributed by atoms with Gasteiger partial charge in [-0.15, -0.1) is 0 Å². The molecule has 1 amide bonds. The van der Waals surface area contributed by atoms with Crippen LogP contribution in [0.1, 0.15) is 41.9 Å². The van der Waals surface area contributed by atoms with E-state index in [4.69, 9.17) is 15.9 Å². The van der Waals surface area contributed by atoms with Gasteiger partial charge in [-0.3, -0.25) is 4.79 Å². The van der Waals surface area contributed by atoms with Crippen LogP contribution in [0.4, 0.5) is 10.1 Å². The maximum Gasteiger partial charge on any atom is 0.253 e. The number of carbonyl (C=O) groups excluding carboxylic acids is 1. The number of methoxy groups -OCH3 is 1. The number of likely N-dealkylation sites (tertiary alicyclic amines) is 1. The van der Waals surface area contributed by atoms with Crippen LogP contribution in [0.25, 0.3) is 27.7 Å². The standard InChI is InChI=1S/C31H33FN4O3/c1-31(2,18-39-3)29-28(19-4-6-20(7-5-19)30(38)35-13-12-24(37)17-35)25-15-26(34)21(16-33)14-27(25)36(29)23-10-8-22(32)9-11-23/h4-11,14-16,24,33,37H,12-13,17-18,34H2,1-3H3. The van der Waals surface area contributed by atoms with E-state index in [1.165, 1.54) is 18.3 Å². The van der Waals surface area contributed by atoms with Gasteiger partial charge in [0.1, 0.15) is 5.82 Å². The van der Waals surface area contributed by atoms with Gasteiger partial charge in [0.25, 0.3) is 5.91 Å². The van der Waals surface area contributed by atoms with Crippen molar-refractivity contribution in [3.8, 4) is 16.8 Å². The first-order chi connectivity index (χ1) is 18.6. The highest BCUT2D eigenvalue weighted by Crippen LogP contribution is 2.44. The number of benzene rings is 3. The van der Waals surface area contributed by atoms with E-state index in [9.17, 15) is 14.3 Å². The molecular weight excluding hydrogens is 495 g/mol. The Bertz CT molecular complexity index is 1540. The molecule has 1 aliphatic rings. The molecule has 1 atom stereocenters. The van der Waals surface area contributed by atoms with Crippen molar-refractivity contribution in [2.24, 2.45) is 0 Å². The van der Waals surface area contributed by atoms with E-state index >= 15 is 0 Å². The van der Waals surface area contributed by atoms with Crippen LogP contribution < -0.4 is 5.73 Å². The number of anilines is 1. The summed E-state index contributed by atoms with van der Waals surface area (Å²) in [6, 6.07) is 17.6. The summed E-state index contributed by atoms with van der Waals surface area (Å²) in [7, 11) is 1.66. The summed E-state index contributed by atoms with van der Waals surface area (Å²) in [5, 5.41) is 18.6. The number of nitrogens with zero attached hydrogens (tertiary/aromatic N) is 2. The summed E-state index contributed by atoms with van der Waals surface area (Å²) in [6.45, 7) is 5.47. The lowest BCUT2D eigenvalue weighted by molar-refractivity contribution is 0.0765. The van der Waals surface area contributed by atoms with Crippen LogP contribution in [0.15, 0.2) is 60.7 Å². The zero-order chi connectivity index (χ0) is 27.9. The number of hydrogen-bond donors (Lipinski definition) is 3. The molecule has 0 bridgehead atoms. The van der Waals surface area contributed by atoms with E-state index in [1.807, 2.05) is 36.4 Å². The molecule has 1 aliphatic heterocycles. The molecule has 202 valence electrons. The number of aliphatic hydroxyl groups is 1. The third kappa shape index (κ3) is 4.82. The minimum absolute atomic E-state index is 0.105. The maximum atomic E-state index is 13.9. The van der Waals surface area contributed by atoms with Gasteiger partial charge >= 0.3 is 0 Å². The molecule has 0 aliphatic carbocycles. The number of β-amino-alcohol motifs (C(OH)–C–C–N with tert-alkyl or cyclic N) is 1. The van der Waals surface area contributed by atoms with Crippen LogP contribution in [0.5, 0.6) is 0 Å². The van der Waals surface area contributed by atoms with Gasteiger partial charge in [-0.2, -0.15) is 0 Å². The van der Waals surface area contributed by atoms with Crippen molar-refractivity contribution in [3.63, 3.8) is 0 Å². The molecule has 0 spiro atoms. The molecule has 39 heavy (non-hydrogen) atoms. The average Bonchev–Trinajstić information content (AvgIpc) is 3.50. The SMILES string of the molecule is COCC(C)(C)c1c(-c2ccc(C(=O)N3CCC(O)C3)cc2)c2cc(N)c(C=N)cc2n1-c1ccc(F)cc1. The topological polar surface area (TPSA) is 105 Å². The third-order valence-corrected chi connectivity index (χ3v) is 7.43. The zero-order valence-electron chi connectivity index (χ0n) is 22.4. The Labute approximate surface area is 227 Å². The summed E-state index contributed by atoms with van der Waals surface area (Å²) in [4.78, 5) is 14.7. The molecule has 4 aromatic rings. The first-order valence-corrected chi connectivity index (χ1v) is 13.0. The lowest BCUT2D eigenvalue weighted by Gasteiger charge is -2.28. The average molecular weight is 529 g/mol. The van der Waals surface area contributed by atoms with Crippen molar-refractivity contribution < 1.29 is 19.0 Å². The maximum absolute atomic E-state index is 13.9. The molecule has 1 fully saturated rings. The van der Waals surface area contributed by atoms with Gasteiger partial charge in [-0.1, -0.05) is 26.0 Å². The molecule has 1 saturated heterocycles. The Balaban J connectivity index is 1.76. The normalized spacial score (nSPS) is 15.7. The van der Waals surface area contributed by atoms with Crippen LogP contribution >= 0.6 is 0 Å². The number of ether oxygens (including phenoxy) is 1. The highest BCUT2D eigenvalue weighted by molar-refractivity contribution is 6.05. The number of hydrogen-bond acceptors (Lipinski definition) is 5. The first kappa shape index (κ1) is 26.6. The molecule has 1 aromatic heterocycles. The predicted octanol–water partition coefficient (Wildman–Crippen LogP) is 5.15. The van der Waals surface area contributed by atoms with E-state index in [2.05, 4.69) is 18.4 Å². The number of halogens is 1. The molecule has 0 saturated carbocycles. The van der Waals surface area contributed by atoms with Crippen molar-refractivity contribution in [1.82, 2.24) is 9.47 Å². The van der Waals surface area contributed by atoms with Gasteiger partial charge in [0.15, 0.2) is 0 Å². The fraction of sp³-hybridized carbons (Fsp3) is 0.290. The second kappa shape index (κ2) is 10.3. The van der Waals surface area contributed by atoms with Crippen molar-refractivity contribution in [3.05, 3.63) is 83.3 Å².